The third-order valence-electron chi connectivity index (χ3n) is 4.24. The maximum atomic E-state index is 6.17. The Hall–Kier alpha value is -3.53. The standard InChI is InChI=1S/C25H25NO3/c1-4-20(18-28-24-16-9-8-15-23(24)27-3)25(26-21-12-6-5-7-13-21)29-22-14-10-11-19(2)17-22/h5-18H,4H2,1-3H3/b20-18?,26-25+. The molecule has 4 heteroatoms. The minimum Gasteiger partial charge on any atom is -0.493 e. The largest absolute Gasteiger partial charge is 0.493 e. The molecule has 0 aliphatic rings. The lowest BCUT2D eigenvalue weighted by Crippen LogP contribution is -2.12. The van der Waals surface area contributed by atoms with Gasteiger partial charge >= 0.3 is 0 Å². The highest BCUT2D eigenvalue weighted by Crippen LogP contribution is 2.27. The summed E-state index contributed by atoms with van der Waals surface area (Å²) in [5, 5.41) is 0. The summed E-state index contributed by atoms with van der Waals surface area (Å²) in [6.45, 7) is 4.07. The first-order valence-electron chi connectivity index (χ1n) is 9.57. The van der Waals surface area contributed by atoms with Crippen LogP contribution in [0.3, 0.4) is 0 Å². The number of benzene rings is 3. The Kier molecular flexibility index (Phi) is 7.06. The van der Waals surface area contributed by atoms with Crippen molar-refractivity contribution in [3.63, 3.8) is 0 Å². The molecule has 0 atom stereocenters. The Morgan fingerprint density at radius 2 is 1.62 bits per heavy atom. The van der Waals surface area contributed by atoms with Crippen molar-refractivity contribution in [2.24, 2.45) is 4.99 Å². The van der Waals surface area contributed by atoms with E-state index < -0.39 is 0 Å². The minimum absolute atomic E-state index is 0.499. The van der Waals surface area contributed by atoms with Gasteiger partial charge < -0.3 is 14.2 Å². The molecule has 0 fully saturated rings. The molecule has 4 nitrogen and oxygen atoms in total. The average molecular weight is 387 g/mol. The number of methoxy groups -OCH3 is 1. The van der Waals surface area contributed by atoms with Gasteiger partial charge in [0.05, 0.1) is 19.1 Å². The first kappa shape index (κ1) is 20.2. The third-order valence-corrected chi connectivity index (χ3v) is 4.24. The summed E-state index contributed by atoms with van der Waals surface area (Å²) in [4.78, 5) is 4.72. The SMILES string of the molecule is CCC(=COc1ccccc1OC)/C(=N\c1ccccc1)Oc1cccc(C)c1. The highest BCUT2D eigenvalue weighted by atomic mass is 16.5. The molecule has 0 bridgehead atoms. The van der Waals surface area contributed by atoms with Crippen molar-refractivity contribution < 1.29 is 14.2 Å². The predicted molar refractivity (Wildman–Crippen MR) is 117 cm³/mol. The Morgan fingerprint density at radius 3 is 2.31 bits per heavy atom. The van der Waals surface area contributed by atoms with E-state index in [0.29, 0.717) is 23.8 Å². The second kappa shape index (κ2) is 10.1. The summed E-state index contributed by atoms with van der Waals surface area (Å²) in [7, 11) is 1.62. The number of hydrogen-bond acceptors (Lipinski definition) is 4. The van der Waals surface area contributed by atoms with Crippen LogP contribution in [0.1, 0.15) is 18.9 Å². The molecule has 0 N–H and O–H groups in total. The molecular formula is C25H25NO3. The molecule has 3 aromatic rings. The fourth-order valence-corrected chi connectivity index (χ4v) is 2.71. The number of aliphatic imine (C=N–C) groups is 1. The van der Waals surface area contributed by atoms with Crippen LogP contribution in [0.5, 0.6) is 17.2 Å². The van der Waals surface area contributed by atoms with E-state index in [4.69, 9.17) is 19.2 Å². The minimum atomic E-state index is 0.499. The van der Waals surface area contributed by atoms with E-state index in [1.807, 2.05) is 92.7 Å². The van der Waals surface area contributed by atoms with Gasteiger partial charge in [0, 0.05) is 5.57 Å². The quantitative estimate of drug-likeness (QED) is 0.264. The van der Waals surface area contributed by atoms with Crippen molar-refractivity contribution in [1.82, 2.24) is 0 Å². The highest BCUT2D eigenvalue weighted by Gasteiger charge is 2.12. The number of rotatable bonds is 7. The van der Waals surface area contributed by atoms with E-state index >= 15 is 0 Å². The molecule has 148 valence electrons. The van der Waals surface area contributed by atoms with Crippen molar-refractivity contribution >= 4 is 11.6 Å². The number of para-hydroxylation sites is 3. The molecule has 0 saturated heterocycles. The van der Waals surface area contributed by atoms with Crippen LogP contribution in [0, 0.1) is 6.92 Å². The molecule has 0 aliphatic carbocycles. The predicted octanol–water partition coefficient (Wildman–Crippen LogP) is 6.49. The van der Waals surface area contributed by atoms with Gasteiger partial charge in [-0.1, -0.05) is 49.4 Å². The van der Waals surface area contributed by atoms with Gasteiger partial charge in [0.15, 0.2) is 11.5 Å². The van der Waals surface area contributed by atoms with Gasteiger partial charge in [-0.2, -0.15) is 0 Å². The van der Waals surface area contributed by atoms with E-state index in [-0.39, 0.29) is 0 Å². The fraction of sp³-hybridized carbons (Fsp3) is 0.160. The maximum Gasteiger partial charge on any atom is 0.226 e. The van der Waals surface area contributed by atoms with E-state index in [2.05, 4.69) is 0 Å². The van der Waals surface area contributed by atoms with Gasteiger partial charge in [-0.3, -0.25) is 0 Å². The van der Waals surface area contributed by atoms with Gasteiger partial charge in [-0.05, 0) is 55.3 Å². The van der Waals surface area contributed by atoms with Crippen molar-refractivity contribution in [3.05, 3.63) is 96.3 Å². The first-order chi connectivity index (χ1) is 14.2. The van der Waals surface area contributed by atoms with Gasteiger partial charge in [0.25, 0.3) is 0 Å². The number of nitrogens with zero attached hydrogens (tertiary/aromatic N) is 1. The molecule has 0 radical (unpaired) electrons. The summed E-state index contributed by atoms with van der Waals surface area (Å²) in [6, 6.07) is 25.1. The molecule has 0 amide bonds. The molecule has 0 spiro atoms. The zero-order valence-electron chi connectivity index (χ0n) is 17.0. The second-order valence-electron chi connectivity index (χ2n) is 6.44. The van der Waals surface area contributed by atoms with E-state index in [0.717, 1.165) is 22.6 Å². The Morgan fingerprint density at radius 1 is 0.897 bits per heavy atom. The summed E-state index contributed by atoms with van der Waals surface area (Å²) in [5.41, 5.74) is 2.77. The normalized spacial score (nSPS) is 11.8. The summed E-state index contributed by atoms with van der Waals surface area (Å²) in [6.07, 6.45) is 2.36. The number of aryl methyl sites for hydroxylation is 1. The second-order valence-corrected chi connectivity index (χ2v) is 6.44. The van der Waals surface area contributed by atoms with Crippen molar-refractivity contribution in [2.45, 2.75) is 20.3 Å². The monoisotopic (exact) mass is 387 g/mol. The molecule has 3 aromatic carbocycles. The van der Waals surface area contributed by atoms with E-state index in [1.54, 1.807) is 13.4 Å². The summed E-state index contributed by atoms with van der Waals surface area (Å²) in [5.74, 6) is 2.53. The van der Waals surface area contributed by atoms with Crippen LogP contribution in [0.4, 0.5) is 5.69 Å². The van der Waals surface area contributed by atoms with Crippen LogP contribution < -0.4 is 14.2 Å². The van der Waals surface area contributed by atoms with Crippen molar-refractivity contribution in [2.75, 3.05) is 7.11 Å². The molecule has 3 rings (SSSR count). The molecule has 0 saturated carbocycles. The summed E-state index contributed by atoms with van der Waals surface area (Å²) >= 11 is 0. The fourth-order valence-electron chi connectivity index (χ4n) is 2.71. The Labute approximate surface area is 172 Å². The Bertz CT molecular complexity index is 994. The van der Waals surface area contributed by atoms with Crippen molar-refractivity contribution in [3.8, 4) is 17.2 Å². The third kappa shape index (κ3) is 5.72. The molecule has 0 aromatic heterocycles. The lowest BCUT2D eigenvalue weighted by molar-refractivity contribution is 0.376. The lowest BCUT2D eigenvalue weighted by Gasteiger charge is -2.13. The molecule has 0 unspecified atom stereocenters. The van der Waals surface area contributed by atoms with E-state index in [1.165, 1.54) is 0 Å². The van der Waals surface area contributed by atoms with Gasteiger partial charge in [0.2, 0.25) is 5.90 Å². The first-order valence-corrected chi connectivity index (χ1v) is 9.57. The number of ether oxygens (including phenoxy) is 3. The molecule has 0 heterocycles. The van der Waals surface area contributed by atoms with Crippen LogP contribution in [-0.4, -0.2) is 13.0 Å². The van der Waals surface area contributed by atoms with Crippen LogP contribution in [0.15, 0.2) is 95.7 Å². The van der Waals surface area contributed by atoms with Crippen LogP contribution in [-0.2, 0) is 0 Å². The average Bonchev–Trinajstić information content (AvgIpc) is 2.75. The van der Waals surface area contributed by atoms with E-state index in [9.17, 15) is 0 Å². The zero-order valence-corrected chi connectivity index (χ0v) is 17.0. The topological polar surface area (TPSA) is 40.0 Å². The Balaban J connectivity index is 1.95. The van der Waals surface area contributed by atoms with Gasteiger partial charge in [-0.25, -0.2) is 4.99 Å². The van der Waals surface area contributed by atoms with Crippen molar-refractivity contribution in [1.29, 1.82) is 0 Å². The lowest BCUT2D eigenvalue weighted by atomic mass is 10.2. The van der Waals surface area contributed by atoms with Gasteiger partial charge in [-0.15, -0.1) is 0 Å². The molecular weight excluding hydrogens is 362 g/mol. The van der Waals surface area contributed by atoms with Gasteiger partial charge in [0.1, 0.15) is 5.75 Å². The molecule has 0 aliphatic heterocycles. The van der Waals surface area contributed by atoms with Crippen LogP contribution in [0.25, 0.3) is 0 Å². The summed E-state index contributed by atoms with van der Waals surface area (Å²) < 4.78 is 17.4. The van der Waals surface area contributed by atoms with Crippen LogP contribution in [0.2, 0.25) is 0 Å². The smallest absolute Gasteiger partial charge is 0.226 e. The highest BCUT2D eigenvalue weighted by molar-refractivity contribution is 5.96. The number of hydrogen-bond donors (Lipinski definition) is 0. The molecule has 29 heavy (non-hydrogen) atoms. The maximum absolute atomic E-state index is 6.17. The van der Waals surface area contributed by atoms with Crippen LogP contribution >= 0.6 is 0 Å². The zero-order chi connectivity index (χ0) is 20.5.